The molecule has 0 saturated heterocycles. The second-order valence-corrected chi connectivity index (χ2v) is 5.00. The summed E-state index contributed by atoms with van der Waals surface area (Å²) in [4.78, 5) is 0. The average Bonchev–Trinajstić information content (AvgIpc) is 2.95. The molecule has 0 aliphatic rings. The molecule has 23 heavy (non-hydrogen) atoms. The van der Waals surface area contributed by atoms with Crippen molar-refractivity contribution in [2.45, 2.75) is 13.1 Å². The lowest BCUT2D eigenvalue weighted by Gasteiger charge is -2.09. The maximum absolute atomic E-state index is 13.5. The van der Waals surface area contributed by atoms with E-state index >= 15 is 0 Å². The Morgan fingerprint density at radius 2 is 1.70 bits per heavy atom. The third-order valence-corrected chi connectivity index (χ3v) is 3.44. The molecule has 0 unspecified atom stereocenters. The summed E-state index contributed by atoms with van der Waals surface area (Å²) in [5, 5.41) is 7.98. The molecule has 118 valence electrons. The maximum Gasteiger partial charge on any atom is 0.159 e. The van der Waals surface area contributed by atoms with E-state index in [9.17, 15) is 13.2 Å². The monoisotopic (exact) mass is 318 g/mol. The Kier molecular flexibility index (Phi) is 4.12. The summed E-state index contributed by atoms with van der Waals surface area (Å²) in [7, 11) is 0. The third-order valence-electron chi connectivity index (χ3n) is 3.44. The second kappa shape index (κ2) is 6.21. The summed E-state index contributed by atoms with van der Waals surface area (Å²) < 4.78 is 41.2. The van der Waals surface area contributed by atoms with Crippen LogP contribution in [0, 0.1) is 17.5 Å². The highest BCUT2D eigenvalue weighted by Gasteiger charge is 2.16. The molecule has 3 aromatic rings. The fourth-order valence-electron chi connectivity index (χ4n) is 2.32. The number of nitrogens with two attached hydrogens (primary N) is 1. The first-order valence-corrected chi connectivity index (χ1v) is 6.91. The van der Waals surface area contributed by atoms with E-state index in [-0.39, 0.29) is 12.4 Å². The van der Waals surface area contributed by atoms with E-state index in [1.165, 1.54) is 22.9 Å². The van der Waals surface area contributed by atoms with Gasteiger partial charge in [-0.1, -0.05) is 17.3 Å². The van der Waals surface area contributed by atoms with Crippen LogP contribution in [-0.4, -0.2) is 15.0 Å². The molecular formula is C16H13F3N4. The van der Waals surface area contributed by atoms with Gasteiger partial charge in [0.05, 0.1) is 12.2 Å². The van der Waals surface area contributed by atoms with E-state index in [0.29, 0.717) is 23.5 Å². The van der Waals surface area contributed by atoms with Crippen LogP contribution >= 0.6 is 0 Å². The van der Waals surface area contributed by atoms with Gasteiger partial charge in [-0.25, -0.2) is 17.9 Å². The van der Waals surface area contributed by atoms with Crippen molar-refractivity contribution in [3.63, 3.8) is 0 Å². The molecule has 0 aliphatic carbocycles. The van der Waals surface area contributed by atoms with Crippen molar-refractivity contribution in [2.24, 2.45) is 5.73 Å². The number of halogens is 3. The van der Waals surface area contributed by atoms with Gasteiger partial charge in [0.1, 0.15) is 11.5 Å². The van der Waals surface area contributed by atoms with Crippen LogP contribution in [-0.2, 0) is 13.1 Å². The minimum atomic E-state index is -0.958. The van der Waals surface area contributed by atoms with Crippen molar-refractivity contribution in [3.05, 3.63) is 71.2 Å². The van der Waals surface area contributed by atoms with Gasteiger partial charge in [0.15, 0.2) is 11.6 Å². The summed E-state index contributed by atoms with van der Waals surface area (Å²) in [6.07, 6.45) is 0. The van der Waals surface area contributed by atoms with Crippen LogP contribution in [0.5, 0.6) is 0 Å². The van der Waals surface area contributed by atoms with E-state index < -0.39 is 11.6 Å². The minimum absolute atomic E-state index is 0.109. The van der Waals surface area contributed by atoms with Crippen molar-refractivity contribution in [1.29, 1.82) is 0 Å². The van der Waals surface area contributed by atoms with Crippen LogP contribution in [0.15, 0.2) is 42.5 Å². The van der Waals surface area contributed by atoms with E-state index in [2.05, 4.69) is 10.3 Å². The molecule has 0 bridgehead atoms. The smallest absolute Gasteiger partial charge is 0.159 e. The van der Waals surface area contributed by atoms with Gasteiger partial charge < -0.3 is 5.73 Å². The third kappa shape index (κ3) is 3.09. The second-order valence-electron chi connectivity index (χ2n) is 5.00. The Morgan fingerprint density at radius 3 is 2.35 bits per heavy atom. The van der Waals surface area contributed by atoms with Crippen molar-refractivity contribution in [3.8, 4) is 11.3 Å². The minimum Gasteiger partial charge on any atom is -0.325 e. The highest BCUT2D eigenvalue weighted by atomic mass is 19.2. The molecule has 2 N–H and O–H groups in total. The lowest BCUT2D eigenvalue weighted by Crippen LogP contribution is -2.06. The molecule has 0 fully saturated rings. The SMILES string of the molecule is NCc1nnn(Cc2ccc(F)cc2)c1-c1ccc(F)c(F)c1. The molecular weight excluding hydrogens is 305 g/mol. The van der Waals surface area contributed by atoms with E-state index in [4.69, 9.17) is 5.73 Å². The van der Waals surface area contributed by atoms with Crippen LogP contribution in [0.4, 0.5) is 13.2 Å². The molecule has 1 heterocycles. The molecule has 3 rings (SSSR count). The number of aromatic nitrogens is 3. The summed E-state index contributed by atoms with van der Waals surface area (Å²) in [6, 6.07) is 9.48. The predicted octanol–water partition coefficient (Wildman–Crippen LogP) is 2.87. The molecule has 0 aliphatic heterocycles. The highest BCUT2D eigenvalue weighted by Crippen LogP contribution is 2.24. The summed E-state index contributed by atoms with van der Waals surface area (Å²) in [6.45, 7) is 0.416. The Labute approximate surface area is 130 Å². The molecule has 0 saturated carbocycles. The van der Waals surface area contributed by atoms with Gasteiger partial charge in [-0.2, -0.15) is 0 Å². The lowest BCUT2D eigenvalue weighted by atomic mass is 10.1. The zero-order valence-corrected chi connectivity index (χ0v) is 12.0. The predicted molar refractivity (Wildman–Crippen MR) is 78.8 cm³/mol. The summed E-state index contributed by atoms with van der Waals surface area (Å²) in [5.74, 6) is -2.23. The number of hydrogen-bond acceptors (Lipinski definition) is 3. The molecule has 0 atom stereocenters. The standard InChI is InChI=1S/C16H13F3N4/c17-12-4-1-10(2-5-12)9-23-16(15(8-20)21-22-23)11-3-6-13(18)14(19)7-11/h1-7H,8-9,20H2. The zero-order valence-electron chi connectivity index (χ0n) is 12.0. The highest BCUT2D eigenvalue weighted by molar-refractivity contribution is 5.62. The van der Waals surface area contributed by atoms with Crippen molar-refractivity contribution < 1.29 is 13.2 Å². The van der Waals surface area contributed by atoms with Crippen LogP contribution in [0.3, 0.4) is 0 Å². The number of nitrogens with zero attached hydrogens (tertiary/aromatic N) is 3. The number of benzene rings is 2. The van der Waals surface area contributed by atoms with Gasteiger partial charge in [0.25, 0.3) is 0 Å². The molecule has 1 aromatic heterocycles. The van der Waals surface area contributed by atoms with Gasteiger partial charge in [0, 0.05) is 12.1 Å². The lowest BCUT2D eigenvalue weighted by molar-refractivity contribution is 0.509. The largest absolute Gasteiger partial charge is 0.325 e. The van der Waals surface area contributed by atoms with E-state index in [0.717, 1.165) is 17.7 Å². The first kappa shape index (κ1) is 15.2. The zero-order chi connectivity index (χ0) is 16.4. The molecule has 0 amide bonds. The number of rotatable bonds is 4. The fraction of sp³-hybridized carbons (Fsp3) is 0.125. The molecule has 0 radical (unpaired) electrons. The van der Waals surface area contributed by atoms with Crippen molar-refractivity contribution in [2.75, 3.05) is 0 Å². The van der Waals surface area contributed by atoms with Crippen molar-refractivity contribution in [1.82, 2.24) is 15.0 Å². The normalized spacial score (nSPS) is 11.0. The topological polar surface area (TPSA) is 56.7 Å². The van der Waals surface area contributed by atoms with Crippen LogP contribution in [0.25, 0.3) is 11.3 Å². The van der Waals surface area contributed by atoms with Gasteiger partial charge in [-0.3, -0.25) is 0 Å². The maximum atomic E-state index is 13.5. The average molecular weight is 318 g/mol. The van der Waals surface area contributed by atoms with Crippen molar-refractivity contribution >= 4 is 0 Å². The van der Waals surface area contributed by atoms with Crippen LogP contribution in [0.1, 0.15) is 11.3 Å². The first-order chi connectivity index (χ1) is 11.1. The van der Waals surface area contributed by atoms with Gasteiger partial charge in [-0.15, -0.1) is 5.10 Å². The van der Waals surface area contributed by atoms with Gasteiger partial charge in [0.2, 0.25) is 0 Å². The Bertz CT molecular complexity index is 828. The summed E-state index contributed by atoms with van der Waals surface area (Å²) in [5.41, 5.74) is 7.85. The van der Waals surface area contributed by atoms with Gasteiger partial charge >= 0.3 is 0 Å². The quantitative estimate of drug-likeness (QED) is 0.805. The van der Waals surface area contributed by atoms with E-state index in [1.54, 1.807) is 12.1 Å². The molecule has 2 aromatic carbocycles. The van der Waals surface area contributed by atoms with Crippen LogP contribution < -0.4 is 5.73 Å². The van der Waals surface area contributed by atoms with Gasteiger partial charge in [-0.05, 0) is 35.9 Å². The molecule has 4 nitrogen and oxygen atoms in total. The Morgan fingerprint density at radius 1 is 0.957 bits per heavy atom. The number of hydrogen-bond donors (Lipinski definition) is 1. The fourth-order valence-corrected chi connectivity index (χ4v) is 2.32. The Balaban J connectivity index is 2.03. The van der Waals surface area contributed by atoms with Crippen LogP contribution in [0.2, 0.25) is 0 Å². The Hall–Kier alpha value is -2.67. The summed E-state index contributed by atoms with van der Waals surface area (Å²) >= 11 is 0. The first-order valence-electron chi connectivity index (χ1n) is 6.91. The molecule has 0 spiro atoms. The molecule has 7 heteroatoms. The van der Waals surface area contributed by atoms with E-state index in [1.807, 2.05) is 0 Å².